The number of pyridine rings is 1. The normalized spacial score (nSPS) is 11.7. The Bertz CT molecular complexity index is 333. The van der Waals surface area contributed by atoms with Crippen molar-refractivity contribution >= 4 is 5.70 Å². The quantitative estimate of drug-likeness (QED) is 0.628. The van der Waals surface area contributed by atoms with E-state index in [0.717, 1.165) is 5.56 Å². The Kier molecular flexibility index (Phi) is 2.44. The van der Waals surface area contributed by atoms with Gasteiger partial charge in [-0.1, -0.05) is 0 Å². The topological polar surface area (TPSA) is 62.7 Å². The number of rotatable bonds is 1. The van der Waals surface area contributed by atoms with Crippen molar-refractivity contribution < 1.29 is 0 Å². The van der Waals surface area contributed by atoms with Crippen molar-refractivity contribution in [1.29, 1.82) is 5.26 Å². The van der Waals surface area contributed by atoms with Gasteiger partial charge in [0.1, 0.15) is 0 Å². The fourth-order valence-electron chi connectivity index (χ4n) is 0.799. The molecule has 0 aliphatic carbocycles. The van der Waals surface area contributed by atoms with Crippen molar-refractivity contribution in [2.75, 3.05) is 0 Å². The maximum Gasteiger partial charge on any atom is 0.0965 e. The molecule has 2 N–H and O–H groups in total. The summed E-state index contributed by atoms with van der Waals surface area (Å²) in [5.41, 5.74) is 7.46. The molecule has 0 spiro atoms. The molecule has 0 aliphatic heterocycles. The van der Waals surface area contributed by atoms with Crippen LogP contribution in [0.4, 0.5) is 0 Å². The first-order valence-electron chi connectivity index (χ1n) is 3.52. The minimum atomic E-state index is 0.491. The van der Waals surface area contributed by atoms with Gasteiger partial charge in [-0.25, -0.2) is 0 Å². The summed E-state index contributed by atoms with van der Waals surface area (Å²) in [5, 5.41) is 8.56. The van der Waals surface area contributed by atoms with Crippen LogP contribution in [-0.4, -0.2) is 4.98 Å². The van der Waals surface area contributed by atoms with Crippen molar-refractivity contribution in [3.05, 3.63) is 35.7 Å². The summed E-state index contributed by atoms with van der Waals surface area (Å²) >= 11 is 0. The van der Waals surface area contributed by atoms with Gasteiger partial charge < -0.3 is 5.73 Å². The lowest BCUT2D eigenvalue weighted by Crippen LogP contribution is -1.99. The monoisotopic (exact) mass is 159 g/mol. The maximum absolute atomic E-state index is 8.56. The zero-order valence-corrected chi connectivity index (χ0v) is 6.78. The van der Waals surface area contributed by atoms with Crippen LogP contribution in [0, 0.1) is 11.3 Å². The predicted molar refractivity (Wildman–Crippen MR) is 46.6 cm³/mol. The summed E-state index contributed by atoms with van der Waals surface area (Å²) in [7, 11) is 0. The average Bonchev–Trinajstić information content (AvgIpc) is 2.17. The molecular weight excluding hydrogens is 150 g/mol. The Morgan fingerprint density at radius 1 is 1.67 bits per heavy atom. The summed E-state index contributed by atoms with van der Waals surface area (Å²) in [4.78, 5) is 3.90. The first-order valence-corrected chi connectivity index (χ1v) is 3.52. The second-order valence-corrected chi connectivity index (χ2v) is 2.39. The fourth-order valence-corrected chi connectivity index (χ4v) is 0.799. The number of hydrogen-bond acceptors (Lipinski definition) is 3. The molecule has 0 amide bonds. The molecule has 0 saturated carbocycles. The molecular formula is C9H9N3. The van der Waals surface area contributed by atoms with Crippen molar-refractivity contribution in [3.63, 3.8) is 0 Å². The number of nitrogens with two attached hydrogens (primary N) is 1. The van der Waals surface area contributed by atoms with Crippen LogP contribution in [0.15, 0.2) is 30.1 Å². The summed E-state index contributed by atoms with van der Waals surface area (Å²) < 4.78 is 0. The molecule has 1 aromatic heterocycles. The molecule has 60 valence electrons. The number of aromatic nitrogens is 1. The molecule has 0 bridgehead atoms. The lowest BCUT2D eigenvalue weighted by Gasteiger charge is -1.99. The molecule has 0 radical (unpaired) electrons. The molecule has 12 heavy (non-hydrogen) atoms. The van der Waals surface area contributed by atoms with Crippen LogP contribution in [-0.2, 0) is 0 Å². The van der Waals surface area contributed by atoms with E-state index >= 15 is 0 Å². The van der Waals surface area contributed by atoms with Gasteiger partial charge in [-0.15, -0.1) is 0 Å². The first kappa shape index (κ1) is 8.28. The van der Waals surface area contributed by atoms with Gasteiger partial charge in [0.25, 0.3) is 0 Å². The van der Waals surface area contributed by atoms with Crippen LogP contribution >= 0.6 is 0 Å². The molecule has 3 nitrogen and oxygen atoms in total. The summed E-state index contributed by atoms with van der Waals surface area (Å²) in [6.07, 6.45) is 3.30. The fraction of sp³-hybridized carbons (Fsp3) is 0.111. The number of hydrogen-bond donors (Lipinski definition) is 1. The Morgan fingerprint density at radius 2 is 2.42 bits per heavy atom. The van der Waals surface area contributed by atoms with Crippen molar-refractivity contribution in [2.45, 2.75) is 6.92 Å². The lowest BCUT2D eigenvalue weighted by molar-refractivity contribution is 1.29. The van der Waals surface area contributed by atoms with E-state index < -0.39 is 0 Å². The maximum atomic E-state index is 8.56. The largest absolute Gasteiger partial charge is 0.397 e. The molecule has 1 rings (SSSR count). The third-order valence-electron chi connectivity index (χ3n) is 1.54. The summed E-state index contributed by atoms with van der Waals surface area (Å²) in [6, 6.07) is 5.60. The van der Waals surface area contributed by atoms with Crippen molar-refractivity contribution in [3.8, 4) is 6.07 Å². The van der Waals surface area contributed by atoms with Gasteiger partial charge in [0.15, 0.2) is 0 Å². The van der Waals surface area contributed by atoms with E-state index in [2.05, 4.69) is 4.98 Å². The minimum absolute atomic E-state index is 0.491. The van der Waals surface area contributed by atoms with E-state index in [1.54, 1.807) is 25.4 Å². The van der Waals surface area contributed by atoms with Gasteiger partial charge in [-0.3, -0.25) is 4.98 Å². The highest BCUT2D eigenvalue weighted by Crippen LogP contribution is 2.10. The standard InChI is InChI=1S/C9H9N3/c1-7(5-10)9(11)8-3-2-4-12-6-8/h2-4,6H,11H2,1H3/b9-7-. The Balaban J connectivity index is 3.11. The molecule has 0 atom stereocenters. The van der Waals surface area contributed by atoms with Gasteiger partial charge in [0, 0.05) is 23.5 Å². The van der Waals surface area contributed by atoms with Crippen LogP contribution in [0.2, 0.25) is 0 Å². The van der Waals surface area contributed by atoms with Crippen molar-refractivity contribution in [1.82, 2.24) is 4.98 Å². The van der Waals surface area contributed by atoms with E-state index in [0.29, 0.717) is 11.3 Å². The molecule has 3 heteroatoms. The van der Waals surface area contributed by atoms with Crippen LogP contribution < -0.4 is 5.73 Å². The SMILES string of the molecule is C/C(C#N)=C(/N)c1cccnc1. The summed E-state index contributed by atoms with van der Waals surface area (Å²) in [5.74, 6) is 0. The second-order valence-electron chi connectivity index (χ2n) is 2.39. The third-order valence-corrected chi connectivity index (χ3v) is 1.54. The van der Waals surface area contributed by atoms with Crippen LogP contribution in [0.25, 0.3) is 5.70 Å². The smallest absolute Gasteiger partial charge is 0.0965 e. The Morgan fingerprint density at radius 3 is 2.92 bits per heavy atom. The molecule has 0 aliphatic rings. The summed E-state index contributed by atoms with van der Waals surface area (Å²) in [6.45, 7) is 1.68. The number of nitriles is 1. The molecule has 1 aromatic rings. The van der Waals surface area contributed by atoms with Crippen LogP contribution in [0.5, 0.6) is 0 Å². The zero-order chi connectivity index (χ0) is 8.97. The Hall–Kier alpha value is -1.82. The van der Waals surface area contributed by atoms with Gasteiger partial charge in [0.05, 0.1) is 11.8 Å². The number of nitrogens with zero attached hydrogens (tertiary/aromatic N) is 2. The van der Waals surface area contributed by atoms with Gasteiger partial charge in [-0.05, 0) is 19.1 Å². The molecule has 1 heterocycles. The van der Waals surface area contributed by atoms with Crippen LogP contribution in [0.1, 0.15) is 12.5 Å². The van der Waals surface area contributed by atoms with Gasteiger partial charge in [0.2, 0.25) is 0 Å². The highest BCUT2D eigenvalue weighted by atomic mass is 14.6. The van der Waals surface area contributed by atoms with E-state index in [9.17, 15) is 0 Å². The molecule has 0 fully saturated rings. The molecule has 0 aromatic carbocycles. The predicted octanol–water partition coefficient (Wildman–Crippen LogP) is 1.29. The molecule has 0 saturated heterocycles. The van der Waals surface area contributed by atoms with Gasteiger partial charge in [-0.2, -0.15) is 5.26 Å². The van der Waals surface area contributed by atoms with E-state index in [1.165, 1.54) is 0 Å². The average molecular weight is 159 g/mol. The van der Waals surface area contributed by atoms with E-state index in [-0.39, 0.29) is 0 Å². The van der Waals surface area contributed by atoms with Crippen LogP contribution in [0.3, 0.4) is 0 Å². The highest BCUT2D eigenvalue weighted by Gasteiger charge is 1.99. The zero-order valence-electron chi connectivity index (χ0n) is 6.78. The van der Waals surface area contributed by atoms with Gasteiger partial charge >= 0.3 is 0 Å². The highest BCUT2D eigenvalue weighted by molar-refractivity contribution is 5.67. The second kappa shape index (κ2) is 3.54. The lowest BCUT2D eigenvalue weighted by atomic mass is 10.1. The van der Waals surface area contributed by atoms with E-state index in [1.807, 2.05) is 12.1 Å². The van der Waals surface area contributed by atoms with E-state index in [4.69, 9.17) is 11.0 Å². The third kappa shape index (κ3) is 1.61. The molecule has 0 unspecified atom stereocenters. The minimum Gasteiger partial charge on any atom is -0.397 e. The van der Waals surface area contributed by atoms with Crippen molar-refractivity contribution in [2.24, 2.45) is 5.73 Å². The Labute approximate surface area is 71.2 Å². The number of allylic oxidation sites excluding steroid dienone is 1. The first-order chi connectivity index (χ1) is 5.75.